The van der Waals surface area contributed by atoms with Crippen molar-refractivity contribution in [3.05, 3.63) is 24.0 Å². The zero-order chi connectivity index (χ0) is 13.2. The van der Waals surface area contributed by atoms with E-state index in [1.807, 2.05) is 0 Å². The Kier molecular flexibility index (Phi) is 3.08. The van der Waals surface area contributed by atoms with Gasteiger partial charge in [-0.15, -0.1) is 0 Å². The maximum absolute atomic E-state index is 9.75. The minimum Gasteiger partial charge on any atom is -0.508 e. The van der Waals surface area contributed by atoms with Gasteiger partial charge >= 0.3 is 0 Å². The standard InChI is InChI=1S/C13H14N2O4/c16-9-1-2-11(17)10(7-9)13-14-12(15-19-13)8-3-5-18-6-4-8/h1-2,7-8,16-17H,3-6H2. The van der Waals surface area contributed by atoms with Crippen molar-refractivity contribution in [2.75, 3.05) is 13.2 Å². The first-order chi connectivity index (χ1) is 9.24. The third-order valence-corrected chi connectivity index (χ3v) is 3.24. The van der Waals surface area contributed by atoms with Crippen LogP contribution >= 0.6 is 0 Å². The third-order valence-electron chi connectivity index (χ3n) is 3.24. The summed E-state index contributed by atoms with van der Waals surface area (Å²) in [5, 5.41) is 23.1. The molecule has 0 unspecified atom stereocenters. The van der Waals surface area contributed by atoms with Crippen molar-refractivity contribution < 1.29 is 19.5 Å². The van der Waals surface area contributed by atoms with Crippen molar-refractivity contribution in [2.24, 2.45) is 0 Å². The first-order valence-electron chi connectivity index (χ1n) is 6.18. The third kappa shape index (κ3) is 2.39. The van der Waals surface area contributed by atoms with E-state index >= 15 is 0 Å². The number of benzene rings is 1. The number of rotatable bonds is 2. The number of hydrogen-bond acceptors (Lipinski definition) is 6. The molecule has 0 aliphatic carbocycles. The lowest BCUT2D eigenvalue weighted by Crippen LogP contribution is -2.15. The van der Waals surface area contributed by atoms with Crippen molar-refractivity contribution >= 4 is 0 Å². The molecule has 1 fully saturated rings. The molecule has 1 aromatic heterocycles. The molecule has 0 saturated carbocycles. The number of aromatic nitrogens is 2. The first-order valence-corrected chi connectivity index (χ1v) is 6.18. The van der Waals surface area contributed by atoms with Crippen molar-refractivity contribution in [1.82, 2.24) is 10.1 Å². The predicted octanol–water partition coefficient (Wildman–Crippen LogP) is 2.04. The zero-order valence-corrected chi connectivity index (χ0v) is 10.2. The van der Waals surface area contributed by atoms with Gasteiger partial charge in [0.2, 0.25) is 0 Å². The van der Waals surface area contributed by atoms with Crippen molar-refractivity contribution in [3.8, 4) is 23.0 Å². The van der Waals surface area contributed by atoms with Gasteiger partial charge in [-0.2, -0.15) is 4.98 Å². The van der Waals surface area contributed by atoms with E-state index in [0.717, 1.165) is 12.8 Å². The van der Waals surface area contributed by atoms with Crippen LogP contribution < -0.4 is 0 Å². The second kappa shape index (κ2) is 4.89. The highest BCUT2D eigenvalue weighted by Crippen LogP contribution is 2.33. The van der Waals surface area contributed by atoms with Crippen LogP contribution in [0.5, 0.6) is 11.5 Å². The Balaban J connectivity index is 1.89. The molecule has 19 heavy (non-hydrogen) atoms. The summed E-state index contributed by atoms with van der Waals surface area (Å²) in [5.74, 6) is 1.11. The molecular weight excluding hydrogens is 248 g/mol. The molecule has 0 radical (unpaired) electrons. The molecule has 6 heteroatoms. The Bertz CT molecular complexity index is 576. The van der Waals surface area contributed by atoms with Gasteiger partial charge in [-0.1, -0.05) is 5.16 Å². The number of nitrogens with zero attached hydrogens (tertiary/aromatic N) is 2. The molecule has 3 rings (SSSR count). The number of phenols is 2. The largest absolute Gasteiger partial charge is 0.508 e. The van der Waals surface area contributed by atoms with Gasteiger partial charge < -0.3 is 19.5 Å². The van der Waals surface area contributed by atoms with Crippen LogP contribution in [0.3, 0.4) is 0 Å². The first kappa shape index (κ1) is 12.0. The lowest BCUT2D eigenvalue weighted by Gasteiger charge is -2.18. The average molecular weight is 262 g/mol. The van der Waals surface area contributed by atoms with E-state index < -0.39 is 0 Å². The smallest absolute Gasteiger partial charge is 0.261 e. The topological polar surface area (TPSA) is 88.6 Å². The second-order valence-electron chi connectivity index (χ2n) is 4.55. The van der Waals surface area contributed by atoms with Crippen LogP contribution in [-0.4, -0.2) is 33.6 Å². The van der Waals surface area contributed by atoms with Crippen LogP contribution in [0.1, 0.15) is 24.6 Å². The van der Waals surface area contributed by atoms with Crippen LogP contribution in [0.2, 0.25) is 0 Å². The number of ether oxygens (including phenoxy) is 1. The van der Waals surface area contributed by atoms with E-state index in [4.69, 9.17) is 9.26 Å². The number of aromatic hydroxyl groups is 2. The zero-order valence-electron chi connectivity index (χ0n) is 10.2. The fourth-order valence-electron chi connectivity index (χ4n) is 2.16. The Labute approximate surface area is 109 Å². The van der Waals surface area contributed by atoms with Gasteiger partial charge in [0.05, 0.1) is 5.56 Å². The summed E-state index contributed by atoms with van der Waals surface area (Å²) in [7, 11) is 0. The maximum atomic E-state index is 9.75. The lowest BCUT2D eigenvalue weighted by molar-refractivity contribution is 0.0830. The summed E-state index contributed by atoms with van der Waals surface area (Å²) in [4.78, 5) is 4.30. The van der Waals surface area contributed by atoms with E-state index in [2.05, 4.69) is 10.1 Å². The predicted molar refractivity (Wildman–Crippen MR) is 65.9 cm³/mol. The Morgan fingerprint density at radius 2 is 1.95 bits per heavy atom. The molecule has 0 amide bonds. The van der Waals surface area contributed by atoms with Crippen LogP contribution in [-0.2, 0) is 4.74 Å². The molecule has 1 aliphatic heterocycles. The molecule has 2 heterocycles. The molecule has 1 saturated heterocycles. The van der Waals surface area contributed by atoms with E-state index in [0.29, 0.717) is 24.6 Å². The van der Waals surface area contributed by atoms with Gasteiger partial charge in [0.25, 0.3) is 5.89 Å². The van der Waals surface area contributed by atoms with Crippen molar-refractivity contribution in [3.63, 3.8) is 0 Å². The van der Waals surface area contributed by atoms with E-state index in [1.165, 1.54) is 18.2 Å². The Hall–Kier alpha value is -2.08. The monoisotopic (exact) mass is 262 g/mol. The molecule has 0 atom stereocenters. The van der Waals surface area contributed by atoms with Gasteiger partial charge in [-0.3, -0.25) is 0 Å². The molecular formula is C13H14N2O4. The average Bonchev–Trinajstić information content (AvgIpc) is 2.92. The van der Waals surface area contributed by atoms with Gasteiger partial charge in [0.15, 0.2) is 5.82 Å². The molecule has 1 aromatic carbocycles. The molecule has 6 nitrogen and oxygen atoms in total. The van der Waals surface area contributed by atoms with Crippen molar-refractivity contribution in [1.29, 1.82) is 0 Å². The normalized spacial score (nSPS) is 16.6. The Morgan fingerprint density at radius 1 is 1.16 bits per heavy atom. The molecule has 2 aromatic rings. The fraction of sp³-hybridized carbons (Fsp3) is 0.385. The molecule has 0 bridgehead atoms. The molecule has 100 valence electrons. The van der Waals surface area contributed by atoms with Crippen molar-refractivity contribution in [2.45, 2.75) is 18.8 Å². The second-order valence-corrected chi connectivity index (χ2v) is 4.55. The SMILES string of the molecule is Oc1ccc(O)c(-c2nc(C3CCOCC3)no2)c1. The van der Waals surface area contributed by atoms with E-state index in [1.54, 1.807) is 0 Å². The van der Waals surface area contributed by atoms with Gasteiger partial charge in [-0.05, 0) is 31.0 Å². The molecule has 1 aliphatic rings. The summed E-state index contributed by atoms with van der Waals surface area (Å²) in [5.41, 5.74) is 0.339. The van der Waals surface area contributed by atoms with E-state index in [9.17, 15) is 10.2 Å². The van der Waals surface area contributed by atoms with Crippen LogP contribution in [0.25, 0.3) is 11.5 Å². The summed E-state index contributed by atoms with van der Waals surface area (Å²) in [6, 6.07) is 4.19. The lowest BCUT2D eigenvalue weighted by atomic mass is 10.00. The van der Waals surface area contributed by atoms with Crippen LogP contribution in [0.4, 0.5) is 0 Å². The highest BCUT2D eigenvalue weighted by atomic mass is 16.5. The number of phenolic OH excluding ortho intramolecular Hbond substituents is 2. The summed E-state index contributed by atoms with van der Waals surface area (Å²) in [6.45, 7) is 1.40. The minimum absolute atomic E-state index is 0.0000208. The highest BCUT2D eigenvalue weighted by molar-refractivity contribution is 5.64. The van der Waals surface area contributed by atoms with Gasteiger partial charge in [-0.25, -0.2) is 0 Å². The number of hydrogen-bond donors (Lipinski definition) is 2. The van der Waals surface area contributed by atoms with Crippen LogP contribution in [0.15, 0.2) is 22.7 Å². The highest BCUT2D eigenvalue weighted by Gasteiger charge is 2.22. The summed E-state index contributed by atoms with van der Waals surface area (Å²) < 4.78 is 10.5. The maximum Gasteiger partial charge on any atom is 0.261 e. The van der Waals surface area contributed by atoms with E-state index in [-0.39, 0.29) is 23.3 Å². The Morgan fingerprint density at radius 3 is 2.74 bits per heavy atom. The van der Waals surface area contributed by atoms with Gasteiger partial charge in [0.1, 0.15) is 11.5 Å². The van der Waals surface area contributed by atoms with Crippen LogP contribution in [0, 0.1) is 0 Å². The summed E-state index contributed by atoms with van der Waals surface area (Å²) >= 11 is 0. The minimum atomic E-state index is -0.0000208. The fourth-order valence-corrected chi connectivity index (χ4v) is 2.16. The quantitative estimate of drug-likeness (QED) is 0.805. The summed E-state index contributed by atoms with van der Waals surface area (Å²) in [6.07, 6.45) is 1.73. The molecule has 0 spiro atoms. The van der Waals surface area contributed by atoms with Gasteiger partial charge in [0, 0.05) is 19.1 Å². The molecule has 2 N–H and O–H groups in total.